The number of carboxylic acid groups (broad SMARTS) is 1. The van der Waals surface area contributed by atoms with Crippen molar-refractivity contribution in [3.8, 4) is 11.3 Å². The number of carbonyl (C=O) groups excluding carboxylic acids is 2. The van der Waals surface area contributed by atoms with Crippen LogP contribution in [0.2, 0.25) is 0 Å². The molecular weight excluding hydrogens is 567 g/mol. The van der Waals surface area contributed by atoms with Gasteiger partial charge >= 0.3 is 5.97 Å². The predicted octanol–water partition coefficient (Wildman–Crippen LogP) is 7.85. The third kappa shape index (κ3) is 6.76. The van der Waals surface area contributed by atoms with Crippen LogP contribution < -0.4 is 10.6 Å². The first-order valence-corrected chi connectivity index (χ1v) is 14.8. The van der Waals surface area contributed by atoms with Crippen LogP contribution in [0.3, 0.4) is 0 Å². The Labute approximate surface area is 251 Å². The maximum atomic E-state index is 13.7. The van der Waals surface area contributed by atoms with Crippen LogP contribution in [0.15, 0.2) is 108 Å². The van der Waals surface area contributed by atoms with Crippen molar-refractivity contribution in [3.05, 3.63) is 130 Å². The minimum atomic E-state index is -1.18. The smallest absolute Gasteiger partial charge is 0.336 e. The van der Waals surface area contributed by atoms with Crippen molar-refractivity contribution in [1.29, 1.82) is 0 Å². The summed E-state index contributed by atoms with van der Waals surface area (Å²) in [7, 11) is 0. The summed E-state index contributed by atoms with van der Waals surface area (Å²) in [5.74, 6) is -1.93. The van der Waals surface area contributed by atoms with Crippen molar-refractivity contribution >= 4 is 51.7 Å². The highest BCUT2D eigenvalue weighted by Crippen LogP contribution is 2.38. The molecule has 4 aromatic carbocycles. The van der Waals surface area contributed by atoms with Crippen molar-refractivity contribution in [2.75, 3.05) is 10.6 Å². The highest BCUT2D eigenvalue weighted by molar-refractivity contribution is 8.00. The number of benzene rings is 4. The third-order valence-electron chi connectivity index (χ3n) is 6.44. The number of carbonyl (C=O) groups is 3. The molecule has 0 bridgehead atoms. The fraction of sp³-hybridized carbons (Fsp3) is 0.0909. The molecule has 0 spiro atoms. The SMILES string of the molecule is Cc1ccc(-c2nc(NC(=O)C(Sc3cccc(NC(=O)c4ccccc4C(=O)O)c3)c3ccccc3)sc2C)cc1. The van der Waals surface area contributed by atoms with Crippen LogP contribution in [0.5, 0.6) is 0 Å². The molecule has 42 heavy (non-hydrogen) atoms. The predicted molar refractivity (Wildman–Crippen MR) is 168 cm³/mol. The number of anilines is 2. The van der Waals surface area contributed by atoms with Crippen molar-refractivity contribution < 1.29 is 19.5 Å². The fourth-order valence-corrected chi connectivity index (χ4v) is 6.27. The molecule has 0 fully saturated rings. The minimum absolute atomic E-state index is 0.0633. The molecule has 0 aliphatic heterocycles. The van der Waals surface area contributed by atoms with Gasteiger partial charge in [0.05, 0.1) is 16.8 Å². The number of aryl methyl sites for hydroxylation is 2. The van der Waals surface area contributed by atoms with E-state index in [4.69, 9.17) is 4.98 Å². The van der Waals surface area contributed by atoms with E-state index in [1.165, 1.54) is 35.2 Å². The Bertz CT molecular complexity index is 1750. The van der Waals surface area contributed by atoms with E-state index in [-0.39, 0.29) is 17.0 Å². The van der Waals surface area contributed by atoms with E-state index in [1.54, 1.807) is 30.3 Å². The van der Waals surface area contributed by atoms with Gasteiger partial charge in [-0.25, -0.2) is 9.78 Å². The maximum Gasteiger partial charge on any atom is 0.336 e. The monoisotopic (exact) mass is 593 g/mol. The van der Waals surface area contributed by atoms with E-state index < -0.39 is 17.1 Å². The third-order valence-corrected chi connectivity index (χ3v) is 8.57. The summed E-state index contributed by atoms with van der Waals surface area (Å²) in [6.45, 7) is 4.02. The molecule has 0 aliphatic rings. The van der Waals surface area contributed by atoms with Gasteiger partial charge in [0.2, 0.25) is 5.91 Å². The van der Waals surface area contributed by atoms with Gasteiger partial charge in [0.15, 0.2) is 5.13 Å². The van der Waals surface area contributed by atoms with Gasteiger partial charge in [-0.1, -0.05) is 78.4 Å². The van der Waals surface area contributed by atoms with Gasteiger partial charge < -0.3 is 15.7 Å². The number of rotatable bonds is 9. The van der Waals surface area contributed by atoms with Crippen LogP contribution in [0, 0.1) is 13.8 Å². The lowest BCUT2D eigenvalue weighted by molar-refractivity contribution is -0.115. The molecule has 0 saturated carbocycles. The lowest BCUT2D eigenvalue weighted by atomic mass is 10.1. The summed E-state index contributed by atoms with van der Waals surface area (Å²) in [6.07, 6.45) is 0. The van der Waals surface area contributed by atoms with Crippen molar-refractivity contribution in [2.24, 2.45) is 0 Å². The second-order valence-corrected chi connectivity index (χ2v) is 11.9. The molecule has 1 unspecified atom stereocenters. The number of thioether (sulfide) groups is 1. The standard InChI is InChI=1S/C33H27N3O4S2/c1-20-15-17-22(18-16-20)28-21(2)41-33(35-28)36-31(38)29(23-9-4-3-5-10-23)42-25-12-8-11-24(19-25)34-30(37)26-13-6-7-14-27(26)32(39)40/h3-19,29H,1-2H3,(H,34,37)(H,39,40)(H,35,36,38). The number of nitrogens with one attached hydrogen (secondary N) is 2. The van der Waals surface area contributed by atoms with Gasteiger partial charge in [-0.15, -0.1) is 23.1 Å². The summed E-state index contributed by atoms with van der Waals surface area (Å²) in [6, 6.07) is 30.7. The number of hydrogen-bond donors (Lipinski definition) is 3. The topological polar surface area (TPSA) is 108 Å². The van der Waals surface area contributed by atoms with E-state index in [0.717, 1.165) is 32.2 Å². The first kappa shape index (κ1) is 28.8. The van der Waals surface area contributed by atoms with E-state index in [1.807, 2.05) is 74.5 Å². The minimum Gasteiger partial charge on any atom is -0.478 e. The molecule has 1 aromatic heterocycles. The Morgan fingerprint density at radius 2 is 1.50 bits per heavy atom. The molecule has 1 atom stereocenters. The van der Waals surface area contributed by atoms with Crippen LogP contribution >= 0.6 is 23.1 Å². The molecule has 0 aliphatic carbocycles. The van der Waals surface area contributed by atoms with E-state index in [0.29, 0.717) is 10.8 Å². The Balaban J connectivity index is 1.36. The summed E-state index contributed by atoms with van der Waals surface area (Å²) in [4.78, 5) is 44.6. The quantitative estimate of drug-likeness (QED) is 0.150. The van der Waals surface area contributed by atoms with Crippen LogP contribution in [-0.4, -0.2) is 27.9 Å². The van der Waals surface area contributed by atoms with Crippen LogP contribution in [0.4, 0.5) is 10.8 Å². The Kier molecular flexibility index (Phi) is 8.80. The van der Waals surface area contributed by atoms with Crippen LogP contribution in [0.1, 0.15) is 42.0 Å². The zero-order chi connectivity index (χ0) is 29.6. The Hall–Kier alpha value is -4.73. The number of aromatic nitrogens is 1. The number of hydrogen-bond acceptors (Lipinski definition) is 6. The summed E-state index contributed by atoms with van der Waals surface area (Å²) >= 11 is 2.77. The van der Waals surface area contributed by atoms with Gasteiger partial charge in [-0.3, -0.25) is 9.59 Å². The molecule has 0 saturated heterocycles. The number of aromatic carboxylic acids is 1. The molecule has 2 amide bonds. The molecule has 9 heteroatoms. The van der Waals surface area contributed by atoms with Crippen molar-refractivity contribution in [3.63, 3.8) is 0 Å². The lowest BCUT2D eigenvalue weighted by Gasteiger charge is -2.17. The van der Waals surface area contributed by atoms with Crippen LogP contribution in [-0.2, 0) is 4.79 Å². The number of nitrogens with zero attached hydrogens (tertiary/aromatic N) is 1. The Morgan fingerprint density at radius 1 is 0.810 bits per heavy atom. The molecule has 5 rings (SSSR count). The molecule has 1 heterocycles. The number of thiazole rings is 1. The summed E-state index contributed by atoms with van der Waals surface area (Å²) in [5, 5.41) is 15.2. The molecule has 210 valence electrons. The molecule has 7 nitrogen and oxygen atoms in total. The molecule has 0 radical (unpaired) electrons. The van der Waals surface area contributed by atoms with E-state index in [9.17, 15) is 19.5 Å². The summed E-state index contributed by atoms with van der Waals surface area (Å²) < 4.78 is 0. The largest absolute Gasteiger partial charge is 0.478 e. The maximum absolute atomic E-state index is 13.7. The van der Waals surface area contributed by atoms with Gasteiger partial charge in [0.25, 0.3) is 5.91 Å². The van der Waals surface area contributed by atoms with Gasteiger partial charge in [0, 0.05) is 21.0 Å². The average Bonchev–Trinajstić information content (AvgIpc) is 3.36. The number of amides is 2. The fourth-order valence-electron chi connectivity index (χ4n) is 4.35. The lowest BCUT2D eigenvalue weighted by Crippen LogP contribution is -2.19. The average molecular weight is 594 g/mol. The first-order chi connectivity index (χ1) is 20.3. The highest BCUT2D eigenvalue weighted by Gasteiger charge is 2.24. The van der Waals surface area contributed by atoms with E-state index >= 15 is 0 Å². The van der Waals surface area contributed by atoms with Gasteiger partial charge in [-0.05, 0) is 49.7 Å². The normalized spacial score (nSPS) is 11.5. The van der Waals surface area contributed by atoms with Crippen LogP contribution in [0.25, 0.3) is 11.3 Å². The summed E-state index contributed by atoms with van der Waals surface area (Å²) in [5.41, 5.74) is 4.28. The number of carboxylic acids is 1. The van der Waals surface area contributed by atoms with Gasteiger partial charge in [0.1, 0.15) is 5.25 Å². The van der Waals surface area contributed by atoms with Crippen molar-refractivity contribution in [2.45, 2.75) is 24.0 Å². The molecular formula is C33H27N3O4S2. The Morgan fingerprint density at radius 3 is 2.21 bits per heavy atom. The van der Waals surface area contributed by atoms with E-state index in [2.05, 4.69) is 10.6 Å². The second kappa shape index (κ2) is 12.8. The molecule has 5 aromatic rings. The van der Waals surface area contributed by atoms with Crippen molar-refractivity contribution in [1.82, 2.24) is 4.98 Å². The second-order valence-electron chi connectivity index (χ2n) is 9.52. The first-order valence-electron chi connectivity index (χ1n) is 13.1. The van der Waals surface area contributed by atoms with Gasteiger partial charge in [-0.2, -0.15) is 0 Å². The zero-order valence-corrected chi connectivity index (χ0v) is 24.5. The highest BCUT2D eigenvalue weighted by atomic mass is 32.2. The molecule has 3 N–H and O–H groups in total. The zero-order valence-electron chi connectivity index (χ0n) is 22.8.